The van der Waals surface area contributed by atoms with Gasteiger partial charge in [0.25, 0.3) is 0 Å². The Morgan fingerprint density at radius 3 is 2.10 bits per heavy atom. The van der Waals surface area contributed by atoms with E-state index in [2.05, 4.69) is 0 Å². The highest BCUT2D eigenvalue weighted by atomic mass is 35.5. The Balaban J connectivity index is 0.00000341. The Labute approximate surface area is 185 Å². The second kappa shape index (κ2) is 10.4. The Hall–Kier alpha value is -2.20. The molecule has 0 unspecified atom stereocenters. The van der Waals surface area contributed by atoms with E-state index < -0.39 is 21.7 Å². The van der Waals surface area contributed by atoms with Crippen molar-refractivity contribution < 1.29 is 26.8 Å². The van der Waals surface area contributed by atoms with Crippen molar-refractivity contribution >= 4 is 34.0 Å². The van der Waals surface area contributed by atoms with Gasteiger partial charge in [-0.25, -0.2) is 22.3 Å². The average Bonchev–Trinajstić information content (AvgIpc) is 2.69. The zero-order chi connectivity index (χ0) is 21.9. The van der Waals surface area contributed by atoms with E-state index >= 15 is 0 Å². The Bertz CT molecular complexity index is 1050. The SMILES string of the molecule is Cl.NS(=O)(=O)Cc1ccc(C(=O)CN2CCC(C(=O)c3ccc(F)c(F)c3)CC2)cc1. The van der Waals surface area contributed by atoms with Crippen LogP contribution >= 0.6 is 12.4 Å². The van der Waals surface area contributed by atoms with E-state index in [0.717, 1.165) is 12.1 Å². The van der Waals surface area contributed by atoms with Crippen molar-refractivity contribution in [2.45, 2.75) is 18.6 Å². The van der Waals surface area contributed by atoms with Gasteiger partial charge < -0.3 is 0 Å². The number of Topliss-reactive ketones (excluding diaryl/α,β-unsaturated/α-hetero) is 2. The lowest BCUT2D eigenvalue weighted by molar-refractivity contribution is 0.0805. The summed E-state index contributed by atoms with van der Waals surface area (Å²) in [4.78, 5) is 26.9. The molecule has 1 saturated heterocycles. The molecule has 6 nitrogen and oxygen atoms in total. The Kier molecular flexibility index (Phi) is 8.41. The second-order valence-corrected chi connectivity index (χ2v) is 9.09. The van der Waals surface area contributed by atoms with Crippen LogP contribution in [0.4, 0.5) is 8.78 Å². The summed E-state index contributed by atoms with van der Waals surface area (Å²) in [5.41, 5.74) is 1.13. The molecule has 0 saturated carbocycles. The molecule has 0 aromatic heterocycles. The standard InChI is InChI=1S/C21H22F2N2O4S.ClH/c22-18-6-5-17(11-19(18)23)21(27)16-7-9-25(10-8-16)12-20(26)15-3-1-14(2-4-15)13-30(24,28)29;/h1-6,11,16H,7-10,12-13H2,(H2,24,28,29);1H. The van der Waals surface area contributed by atoms with Crippen molar-refractivity contribution in [2.24, 2.45) is 11.1 Å². The number of benzene rings is 2. The van der Waals surface area contributed by atoms with Gasteiger partial charge in [-0.1, -0.05) is 24.3 Å². The molecule has 0 aliphatic carbocycles. The molecular weight excluding hydrogens is 450 g/mol. The largest absolute Gasteiger partial charge is 0.296 e. The minimum absolute atomic E-state index is 0. The molecule has 0 spiro atoms. The number of sulfonamides is 1. The summed E-state index contributed by atoms with van der Waals surface area (Å²) in [6.45, 7) is 1.26. The molecule has 0 radical (unpaired) electrons. The predicted molar refractivity (Wildman–Crippen MR) is 115 cm³/mol. The molecule has 1 aliphatic heterocycles. The Morgan fingerprint density at radius 2 is 1.55 bits per heavy atom. The first-order valence-electron chi connectivity index (χ1n) is 9.46. The fourth-order valence-corrected chi connectivity index (χ4v) is 4.21. The lowest BCUT2D eigenvalue weighted by Gasteiger charge is -2.30. The molecule has 31 heavy (non-hydrogen) atoms. The maximum Gasteiger partial charge on any atom is 0.213 e. The van der Waals surface area contributed by atoms with Crippen molar-refractivity contribution in [3.63, 3.8) is 0 Å². The van der Waals surface area contributed by atoms with Crippen molar-refractivity contribution in [2.75, 3.05) is 19.6 Å². The first-order valence-corrected chi connectivity index (χ1v) is 11.2. The number of nitrogens with two attached hydrogens (primary N) is 1. The number of carbonyl (C=O) groups is 2. The van der Waals surface area contributed by atoms with Gasteiger partial charge in [-0.05, 0) is 49.7 Å². The third-order valence-electron chi connectivity index (χ3n) is 5.17. The number of likely N-dealkylation sites (tertiary alicyclic amines) is 1. The number of primary sulfonamides is 1. The van der Waals surface area contributed by atoms with Crippen LogP contribution in [-0.4, -0.2) is 44.5 Å². The number of carbonyl (C=O) groups excluding carboxylic acids is 2. The van der Waals surface area contributed by atoms with Crippen LogP contribution in [0.1, 0.15) is 39.1 Å². The third kappa shape index (κ3) is 6.90. The molecule has 2 N–H and O–H groups in total. The molecule has 1 heterocycles. The van der Waals surface area contributed by atoms with E-state index in [0.29, 0.717) is 37.1 Å². The van der Waals surface area contributed by atoms with Crippen LogP contribution < -0.4 is 5.14 Å². The van der Waals surface area contributed by atoms with Gasteiger partial charge >= 0.3 is 0 Å². The number of hydrogen-bond donors (Lipinski definition) is 1. The molecule has 1 fully saturated rings. The second-order valence-electron chi connectivity index (χ2n) is 7.47. The van der Waals surface area contributed by atoms with Crippen molar-refractivity contribution in [1.82, 2.24) is 4.90 Å². The number of piperidine rings is 1. The number of ketones is 2. The summed E-state index contributed by atoms with van der Waals surface area (Å²) in [6, 6.07) is 9.42. The van der Waals surface area contributed by atoms with Gasteiger partial charge in [-0.15, -0.1) is 12.4 Å². The van der Waals surface area contributed by atoms with Gasteiger partial charge in [-0.2, -0.15) is 0 Å². The molecule has 1 aliphatic rings. The average molecular weight is 473 g/mol. The van der Waals surface area contributed by atoms with Crippen LogP contribution in [0.25, 0.3) is 0 Å². The first kappa shape index (κ1) is 25.1. The summed E-state index contributed by atoms with van der Waals surface area (Å²) in [5.74, 6) is -2.94. The maximum absolute atomic E-state index is 13.4. The van der Waals surface area contributed by atoms with Crippen molar-refractivity contribution in [3.05, 3.63) is 70.8 Å². The van der Waals surface area contributed by atoms with Gasteiger partial charge in [0.2, 0.25) is 10.0 Å². The van der Waals surface area contributed by atoms with E-state index in [-0.39, 0.29) is 47.8 Å². The van der Waals surface area contributed by atoms with Crippen LogP contribution in [0, 0.1) is 17.6 Å². The molecule has 0 amide bonds. The zero-order valence-electron chi connectivity index (χ0n) is 16.6. The highest BCUT2D eigenvalue weighted by molar-refractivity contribution is 7.88. The van der Waals surface area contributed by atoms with Crippen LogP contribution in [0.5, 0.6) is 0 Å². The summed E-state index contributed by atoms with van der Waals surface area (Å²) in [5, 5.41) is 5.01. The third-order valence-corrected chi connectivity index (χ3v) is 5.91. The van der Waals surface area contributed by atoms with Crippen LogP contribution in [0.3, 0.4) is 0 Å². The van der Waals surface area contributed by atoms with Gasteiger partial charge in [0.15, 0.2) is 23.2 Å². The van der Waals surface area contributed by atoms with Crippen molar-refractivity contribution in [3.8, 4) is 0 Å². The molecule has 0 atom stereocenters. The summed E-state index contributed by atoms with van der Waals surface area (Å²) >= 11 is 0. The zero-order valence-corrected chi connectivity index (χ0v) is 18.2. The van der Waals surface area contributed by atoms with Gasteiger partial charge in [-0.3, -0.25) is 14.5 Å². The highest BCUT2D eigenvalue weighted by Gasteiger charge is 2.27. The van der Waals surface area contributed by atoms with E-state index in [1.165, 1.54) is 6.07 Å². The fraction of sp³-hybridized carbons (Fsp3) is 0.333. The van der Waals surface area contributed by atoms with E-state index in [9.17, 15) is 26.8 Å². The van der Waals surface area contributed by atoms with Crippen LogP contribution in [0.2, 0.25) is 0 Å². The highest BCUT2D eigenvalue weighted by Crippen LogP contribution is 2.23. The molecule has 2 aromatic rings. The summed E-state index contributed by atoms with van der Waals surface area (Å²) in [6.07, 6.45) is 1.05. The van der Waals surface area contributed by atoms with Crippen LogP contribution in [0.15, 0.2) is 42.5 Å². The minimum Gasteiger partial charge on any atom is -0.296 e. The lowest BCUT2D eigenvalue weighted by Crippen LogP contribution is -2.39. The smallest absolute Gasteiger partial charge is 0.213 e. The molecular formula is C21H23ClF2N2O4S. The quantitative estimate of drug-likeness (QED) is 0.625. The molecule has 0 bridgehead atoms. The maximum atomic E-state index is 13.4. The fourth-order valence-electron chi connectivity index (χ4n) is 3.55. The minimum atomic E-state index is -3.63. The number of hydrogen-bond acceptors (Lipinski definition) is 5. The topological polar surface area (TPSA) is 97.5 Å². The monoisotopic (exact) mass is 472 g/mol. The van der Waals surface area contributed by atoms with E-state index in [1.54, 1.807) is 24.3 Å². The summed E-state index contributed by atoms with van der Waals surface area (Å²) < 4.78 is 48.7. The first-order chi connectivity index (χ1) is 14.1. The summed E-state index contributed by atoms with van der Waals surface area (Å²) in [7, 11) is -3.63. The number of rotatable bonds is 7. The Morgan fingerprint density at radius 1 is 0.968 bits per heavy atom. The predicted octanol–water partition coefficient (Wildman–Crippen LogP) is 2.95. The number of nitrogens with zero attached hydrogens (tertiary/aromatic N) is 1. The van der Waals surface area contributed by atoms with Gasteiger partial charge in [0.05, 0.1) is 12.3 Å². The van der Waals surface area contributed by atoms with Crippen molar-refractivity contribution in [1.29, 1.82) is 0 Å². The van der Waals surface area contributed by atoms with E-state index in [4.69, 9.17) is 5.14 Å². The normalized spacial score (nSPS) is 15.3. The molecule has 2 aromatic carbocycles. The molecule has 3 rings (SSSR count). The molecule has 168 valence electrons. The molecule has 10 heteroatoms. The van der Waals surface area contributed by atoms with Gasteiger partial charge in [0, 0.05) is 17.0 Å². The van der Waals surface area contributed by atoms with E-state index in [1.807, 2.05) is 4.90 Å². The lowest BCUT2D eigenvalue weighted by atomic mass is 9.88. The van der Waals surface area contributed by atoms with Gasteiger partial charge in [0.1, 0.15) is 0 Å². The number of halogens is 3. The van der Waals surface area contributed by atoms with Crippen LogP contribution in [-0.2, 0) is 15.8 Å².